The average molecular weight is 610 g/mol. The van der Waals surface area contributed by atoms with E-state index in [1.165, 1.54) is 25.3 Å². The lowest BCUT2D eigenvalue weighted by Gasteiger charge is -2.24. The van der Waals surface area contributed by atoms with Crippen LogP contribution in [0.4, 0.5) is 4.79 Å². The van der Waals surface area contributed by atoms with Crippen molar-refractivity contribution in [2.45, 2.75) is 59.1 Å². The van der Waals surface area contributed by atoms with Crippen molar-refractivity contribution in [3.8, 4) is 16.9 Å². The fourth-order valence-corrected chi connectivity index (χ4v) is 4.12. The van der Waals surface area contributed by atoms with Gasteiger partial charge in [0.25, 0.3) is 5.91 Å². The lowest BCUT2D eigenvalue weighted by Crippen LogP contribution is -2.47. The predicted octanol–water partition coefficient (Wildman–Crippen LogP) is 4.56. The monoisotopic (exact) mass is 609 g/mol. The minimum atomic E-state index is -1.08. The molecule has 0 radical (unpaired) electrons. The Bertz CT molecular complexity index is 1420. The molecule has 1 atom stereocenters. The van der Waals surface area contributed by atoms with E-state index in [9.17, 15) is 24.0 Å². The second-order valence-corrected chi connectivity index (χ2v) is 11.6. The second kappa shape index (κ2) is 14.6. The van der Waals surface area contributed by atoms with Crippen molar-refractivity contribution in [2.24, 2.45) is 11.8 Å². The Balaban J connectivity index is 1.87. The second-order valence-electron chi connectivity index (χ2n) is 11.6. The zero-order valence-corrected chi connectivity index (χ0v) is 25.9. The molecule has 1 fully saturated rings. The van der Waals surface area contributed by atoms with Gasteiger partial charge in [-0.15, -0.1) is 0 Å². The Hall–Kier alpha value is -4.74. The van der Waals surface area contributed by atoms with Crippen LogP contribution < -0.4 is 15.4 Å². The Labute approximate surface area is 256 Å². The van der Waals surface area contributed by atoms with Gasteiger partial charge in [0.05, 0.1) is 7.11 Å². The molecular formula is C32H39N3O9. The number of aldehydes is 1. The maximum atomic E-state index is 13.4. The number of alkyl carbamates (subject to hydrolysis) is 1. The number of carbonyl (C=O) groups is 5. The number of methoxy groups -OCH3 is 1. The van der Waals surface area contributed by atoms with E-state index < -0.39 is 42.4 Å². The zero-order valence-electron chi connectivity index (χ0n) is 25.9. The van der Waals surface area contributed by atoms with Gasteiger partial charge in [0, 0.05) is 23.2 Å². The van der Waals surface area contributed by atoms with E-state index in [-0.39, 0.29) is 28.4 Å². The molecule has 0 aliphatic heterocycles. The summed E-state index contributed by atoms with van der Waals surface area (Å²) >= 11 is 0. The van der Waals surface area contributed by atoms with Crippen LogP contribution in [0, 0.1) is 11.8 Å². The SMILES string of the molecule is C=Cc1cc(C=O)c(-c2ccc(C(=O)NCC3CC3)nc2C(=O)OCOC(=O)[C@@H](NC(=O)OC(C)(C)C)C(C)C)cc1OC. The summed E-state index contributed by atoms with van der Waals surface area (Å²) in [5.74, 6) is -1.92. The van der Waals surface area contributed by atoms with Crippen molar-refractivity contribution >= 4 is 36.3 Å². The first-order valence-corrected chi connectivity index (χ1v) is 14.2. The van der Waals surface area contributed by atoms with Crippen LogP contribution in [0.25, 0.3) is 17.2 Å². The number of rotatable bonds is 13. The Morgan fingerprint density at radius 2 is 1.77 bits per heavy atom. The number of pyridine rings is 1. The molecule has 2 N–H and O–H groups in total. The highest BCUT2D eigenvalue weighted by Gasteiger charge is 2.29. The molecule has 2 amide bonds. The first-order valence-electron chi connectivity index (χ1n) is 14.2. The van der Waals surface area contributed by atoms with Crippen LogP contribution in [0.15, 0.2) is 30.8 Å². The number of benzene rings is 1. The minimum absolute atomic E-state index is 0.0397. The Morgan fingerprint density at radius 3 is 2.34 bits per heavy atom. The largest absolute Gasteiger partial charge is 0.496 e. The average Bonchev–Trinajstić information content (AvgIpc) is 3.81. The molecule has 236 valence electrons. The third-order valence-electron chi connectivity index (χ3n) is 6.59. The number of aromatic nitrogens is 1. The predicted molar refractivity (Wildman–Crippen MR) is 161 cm³/mol. The third kappa shape index (κ3) is 9.13. The summed E-state index contributed by atoms with van der Waals surface area (Å²) in [7, 11) is 1.45. The van der Waals surface area contributed by atoms with Gasteiger partial charge in [0.1, 0.15) is 23.1 Å². The summed E-state index contributed by atoms with van der Waals surface area (Å²) in [5, 5.41) is 5.26. The van der Waals surface area contributed by atoms with Crippen molar-refractivity contribution in [3.63, 3.8) is 0 Å². The molecule has 1 heterocycles. The maximum Gasteiger partial charge on any atom is 0.408 e. The number of nitrogens with zero attached hydrogens (tertiary/aromatic N) is 1. The molecule has 0 unspecified atom stereocenters. The van der Waals surface area contributed by atoms with E-state index in [4.69, 9.17) is 18.9 Å². The molecule has 1 saturated carbocycles. The van der Waals surface area contributed by atoms with E-state index >= 15 is 0 Å². The van der Waals surface area contributed by atoms with Gasteiger partial charge in [-0.2, -0.15) is 0 Å². The molecule has 1 aromatic heterocycles. The van der Waals surface area contributed by atoms with Gasteiger partial charge < -0.3 is 29.6 Å². The summed E-state index contributed by atoms with van der Waals surface area (Å²) in [4.78, 5) is 67.4. The summed E-state index contributed by atoms with van der Waals surface area (Å²) in [6, 6.07) is 4.94. The molecule has 1 aliphatic carbocycles. The lowest BCUT2D eigenvalue weighted by molar-refractivity contribution is -0.156. The fourth-order valence-electron chi connectivity index (χ4n) is 4.12. The molecule has 1 aliphatic rings. The highest BCUT2D eigenvalue weighted by Crippen LogP contribution is 2.33. The quantitative estimate of drug-likeness (QED) is 0.187. The van der Waals surface area contributed by atoms with E-state index in [1.54, 1.807) is 46.8 Å². The summed E-state index contributed by atoms with van der Waals surface area (Å²) in [5.41, 5.74) is 0.137. The molecule has 44 heavy (non-hydrogen) atoms. The van der Waals surface area contributed by atoms with Crippen molar-refractivity contribution in [2.75, 3.05) is 20.4 Å². The number of amides is 2. The van der Waals surface area contributed by atoms with Crippen LogP contribution in [0.2, 0.25) is 0 Å². The highest BCUT2D eigenvalue weighted by molar-refractivity contribution is 6.01. The smallest absolute Gasteiger partial charge is 0.408 e. The first kappa shape index (κ1) is 33.8. The van der Waals surface area contributed by atoms with Gasteiger partial charge in [0.15, 0.2) is 12.0 Å². The van der Waals surface area contributed by atoms with Gasteiger partial charge in [-0.3, -0.25) is 9.59 Å². The van der Waals surface area contributed by atoms with Crippen LogP contribution in [-0.4, -0.2) is 67.3 Å². The summed E-state index contributed by atoms with van der Waals surface area (Å²) in [6.45, 7) is 11.9. The topological polar surface area (TPSA) is 159 Å². The molecule has 0 bridgehead atoms. The number of esters is 2. The number of ether oxygens (including phenoxy) is 4. The summed E-state index contributed by atoms with van der Waals surface area (Å²) in [6.07, 6.45) is 3.39. The third-order valence-corrected chi connectivity index (χ3v) is 6.59. The van der Waals surface area contributed by atoms with Crippen LogP contribution in [0.1, 0.15) is 84.4 Å². The maximum absolute atomic E-state index is 13.4. The van der Waals surface area contributed by atoms with Crippen LogP contribution in [0.3, 0.4) is 0 Å². The number of hydrogen-bond donors (Lipinski definition) is 2. The molecule has 2 aromatic rings. The van der Waals surface area contributed by atoms with Crippen LogP contribution in [0.5, 0.6) is 5.75 Å². The van der Waals surface area contributed by atoms with Gasteiger partial charge >= 0.3 is 18.0 Å². The van der Waals surface area contributed by atoms with Crippen molar-refractivity contribution in [1.82, 2.24) is 15.6 Å². The summed E-state index contributed by atoms with van der Waals surface area (Å²) < 4.78 is 21.0. The number of hydrogen-bond acceptors (Lipinski definition) is 10. The Morgan fingerprint density at radius 1 is 1.07 bits per heavy atom. The Kier molecular flexibility index (Phi) is 11.2. The van der Waals surface area contributed by atoms with E-state index in [1.807, 2.05) is 0 Å². The molecule has 12 heteroatoms. The van der Waals surface area contributed by atoms with Crippen LogP contribution >= 0.6 is 0 Å². The number of carbonyl (C=O) groups excluding carboxylic acids is 5. The standard InChI is InChI=1S/C32H39N3O9/c1-8-20-13-21(16-36)23(14-25(20)41-7)22-11-12-24(28(37)33-15-19-9-10-19)34-27(22)30(39)43-17-42-29(38)26(18(2)3)35-31(40)44-32(4,5)6/h8,11-14,16,18-19,26H,1,9-10,15,17H2,2-7H3,(H,33,37)(H,35,40)/t26-/m0/s1. The van der Waals surface area contributed by atoms with E-state index in [0.717, 1.165) is 12.8 Å². The molecule has 0 saturated heterocycles. The van der Waals surface area contributed by atoms with Gasteiger partial charge in [-0.25, -0.2) is 19.4 Å². The van der Waals surface area contributed by atoms with E-state index in [0.29, 0.717) is 35.6 Å². The van der Waals surface area contributed by atoms with Crippen molar-refractivity contribution in [3.05, 3.63) is 53.4 Å². The van der Waals surface area contributed by atoms with Gasteiger partial charge in [-0.1, -0.05) is 26.5 Å². The molecule has 0 spiro atoms. The molecule has 12 nitrogen and oxygen atoms in total. The van der Waals surface area contributed by atoms with E-state index in [2.05, 4.69) is 22.2 Å². The van der Waals surface area contributed by atoms with Crippen molar-refractivity contribution in [1.29, 1.82) is 0 Å². The minimum Gasteiger partial charge on any atom is -0.496 e. The van der Waals surface area contributed by atoms with Crippen LogP contribution in [-0.2, 0) is 19.0 Å². The first-order chi connectivity index (χ1) is 20.8. The zero-order chi connectivity index (χ0) is 32.6. The molecule has 3 rings (SSSR count). The molecule has 1 aromatic carbocycles. The highest BCUT2D eigenvalue weighted by atomic mass is 16.7. The van der Waals surface area contributed by atoms with Crippen molar-refractivity contribution < 1.29 is 42.9 Å². The lowest BCUT2D eigenvalue weighted by atomic mass is 9.95. The van der Waals surface area contributed by atoms with Gasteiger partial charge in [0.2, 0.25) is 6.79 Å². The fraction of sp³-hybridized carbons (Fsp3) is 0.438. The molecular weight excluding hydrogens is 570 g/mol. The number of nitrogens with one attached hydrogen (secondary N) is 2. The van der Waals surface area contributed by atoms with Gasteiger partial charge in [-0.05, 0) is 75.3 Å². The normalized spacial score (nSPS) is 13.3.